The number of piperidine rings is 1. The van der Waals surface area contributed by atoms with Gasteiger partial charge < -0.3 is 9.64 Å². The predicted octanol–water partition coefficient (Wildman–Crippen LogP) is 7.54. The molecule has 230 valence electrons. The fraction of sp³-hybridized carbons (Fsp3) is 0.485. The van der Waals surface area contributed by atoms with Crippen LogP contribution in [0, 0.1) is 5.92 Å². The molecule has 3 aromatic rings. The molecule has 2 heterocycles. The maximum Gasteiger partial charge on any atom is 0.298 e. The molecule has 3 aromatic carbocycles. The first-order valence-corrected chi connectivity index (χ1v) is 17.5. The van der Waals surface area contributed by atoms with Crippen LogP contribution in [0.4, 0.5) is 8.78 Å². The Labute approximate surface area is 260 Å². The highest BCUT2D eigenvalue weighted by molar-refractivity contribution is 9.10. The smallest absolute Gasteiger partial charge is 0.298 e. The molecule has 2 aliphatic heterocycles. The second-order valence-electron chi connectivity index (χ2n) is 12.4. The van der Waals surface area contributed by atoms with E-state index in [1.807, 2.05) is 12.1 Å². The van der Waals surface area contributed by atoms with Gasteiger partial charge in [0.25, 0.3) is 5.92 Å². The second-order valence-corrected chi connectivity index (χ2v) is 15.1. The average Bonchev–Trinajstić information content (AvgIpc) is 3.26. The summed E-state index contributed by atoms with van der Waals surface area (Å²) in [5, 5.41) is 1.41. The van der Waals surface area contributed by atoms with Gasteiger partial charge in [-0.3, -0.25) is 4.79 Å². The van der Waals surface area contributed by atoms with Gasteiger partial charge in [-0.15, -0.1) is 0 Å². The molecular weight excluding hydrogens is 638 g/mol. The fourth-order valence-electron chi connectivity index (χ4n) is 7.12. The molecule has 10 heteroatoms. The van der Waals surface area contributed by atoms with Gasteiger partial charge in [0.15, 0.2) is 6.04 Å². The summed E-state index contributed by atoms with van der Waals surface area (Å²) in [4.78, 5) is 15.3. The van der Waals surface area contributed by atoms with Crippen LogP contribution in [-0.2, 0) is 20.7 Å². The van der Waals surface area contributed by atoms with Crippen LogP contribution >= 0.6 is 15.9 Å². The van der Waals surface area contributed by atoms with Crippen LogP contribution in [0.1, 0.15) is 70.3 Å². The molecule has 0 spiro atoms. The van der Waals surface area contributed by atoms with Crippen LogP contribution in [0.5, 0.6) is 5.75 Å². The lowest BCUT2D eigenvalue weighted by Gasteiger charge is -2.41. The number of nitrogens with one attached hydrogen (secondary N) is 1. The summed E-state index contributed by atoms with van der Waals surface area (Å²) in [6.45, 7) is 2.11. The molecule has 1 aliphatic carbocycles. The minimum absolute atomic E-state index is 0.167. The van der Waals surface area contributed by atoms with Crippen molar-refractivity contribution in [1.82, 2.24) is 9.62 Å². The minimum Gasteiger partial charge on any atom is -0.490 e. The Balaban J connectivity index is 1.30. The van der Waals surface area contributed by atoms with E-state index in [4.69, 9.17) is 4.74 Å². The lowest BCUT2D eigenvalue weighted by atomic mass is 9.91. The Bertz CT molecular complexity index is 1580. The summed E-state index contributed by atoms with van der Waals surface area (Å²) < 4.78 is 68.8. The summed E-state index contributed by atoms with van der Waals surface area (Å²) in [7, 11) is -4.51. The molecular formula is C33H37BrF2N2O4S. The van der Waals surface area contributed by atoms with Gasteiger partial charge in [-0.25, -0.2) is 8.42 Å². The normalized spacial score (nSPS) is 23.8. The van der Waals surface area contributed by atoms with Gasteiger partial charge in [0.1, 0.15) is 5.75 Å². The number of rotatable bonds is 8. The zero-order chi connectivity index (χ0) is 30.4. The van der Waals surface area contributed by atoms with Crippen LogP contribution < -0.4 is 9.46 Å². The summed E-state index contributed by atoms with van der Waals surface area (Å²) in [5.74, 6) is -3.57. The fourth-order valence-corrected chi connectivity index (χ4v) is 8.61. The largest absolute Gasteiger partial charge is 0.490 e. The molecule has 3 unspecified atom stereocenters. The van der Waals surface area contributed by atoms with Gasteiger partial charge >= 0.3 is 0 Å². The summed E-state index contributed by atoms with van der Waals surface area (Å²) in [6, 6.07) is 12.7. The standard InChI is InChI=1S/C33H37BrF2N2O4S/c1-21-17-26-13-14-27(18-21)38(26)32(39)31(33(35,36)24-9-11-25(34)12-10-24)37-43(40,41)30-16-8-22-19-29(15-7-23(22)20-30)42-28-5-3-2-4-6-28/h7-12,15-16,19-21,26-28,31,37H,2-6,13-14,17-18H2,1H3. The first-order valence-electron chi connectivity index (χ1n) is 15.2. The molecule has 1 N–H and O–H groups in total. The molecule has 3 aliphatic rings. The molecule has 2 bridgehead atoms. The van der Waals surface area contributed by atoms with Crippen LogP contribution in [0.2, 0.25) is 0 Å². The number of amides is 1. The van der Waals surface area contributed by atoms with Crippen LogP contribution in [0.15, 0.2) is 70.0 Å². The van der Waals surface area contributed by atoms with E-state index in [0.717, 1.165) is 62.5 Å². The Morgan fingerprint density at radius 2 is 1.56 bits per heavy atom. The van der Waals surface area contributed by atoms with Crippen LogP contribution in [-0.4, -0.2) is 43.5 Å². The summed E-state index contributed by atoms with van der Waals surface area (Å²) in [5.41, 5.74) is -0.432. The second kappa shape index (κ2) is 12.1. The van der Waals surface area contributed by atoms with Crippen molar-refractivity contribution >= 4 is 42.6 Å². The summed E-state index contributed by atoms with van der Waals surface area (Å²) in [6.07, 6.45) is 8.66. The number of alkyl halides is 2. The lowest BCUT2D eigenvalue weighted by Crippen LogP contribution is -2.59. The van der Waals surface area contributed by atoms with Crippen molar-refractivity contribution in [1.29, 1.82) is 0 Å². The van der Waals surface area contributed by atoms with Crippen molar-refractivity contribution in [2.24, 2.45) is 5.92 Å². The van der Waals surface area contributed by atoms with E-state index in [1.54, 1.807) is 12.1 Å². The van der Waals surface area contributed by atoms with E-state index in [0.29, 0.717) is 15.8 Å². The van der Waals surface area contributed by atoms with Crippen molar-refractivity contribution in [3.8, 4) is 5.75 Å². The van der Waals surface area contributed by atoms with Gasteiger partial charge in [-0.2, -0.15) is 13.5 Å². The third-order valence-corrected chi connectivity index (χ3v) is 11.2. The van der Waals surface area contributed by atoms with Crippen LogP contribution in [0.25, 0.3) is 10.8 Å². The van der Waals surface area contributed by atoms with Gasteiger partial charge in [0.2, 0.25) is 15.9 Å². The molecule has 3 fully saturated rings. The number of halogens is 3. The van der Waals surface area contributed by atoms with Crippen molar-refractivity contribution in [3.05, 3.63) is 70.7 Å². The predicted molar refractivity (Wildman–Crippen MR) is 166 cm³/mol. The maximum absolute atomic E-state index is 16.2. The zero-order valence-corrected chi connectivity index (χ0v) is 26.5. The highest BCUT2D eigenvalue weighted by Crippen LogP contribution is 2.42. The SMILES string of the molecule is CC1CC2CCC(C1)N2C(=O)C(NS(=O)(=O)c1ccc2cc(OC3CCCCC3)ccc2c1)C(F)(F)c1ccc(Br)cc1. The molecule has 0 aromatic heterocycles. The van der Waals surface area contributed by atoms with Crippen molar-refractivity contribution in [2.45, 2.75) is 99.8 Å². The van der Waals surface area contributed by atoms with E-state index in [9.17, 15) is 13.2 Å². The molecule has 1 amide bonds. The number of carbonyl (C=O) groups excluding carboxylic acids is 1. The molecule has 2 saturated heterocycles. The number of carbonyl (C=O) groups is 1. The number of nitrogens with zero attached hydrogens (tertiary/aromatic N) is 1. The third-order valence-electron chi connectivity index (χ3n) is 9.28. The number of fused-ring (bicyclic) bond motifs is 3. The number of hydrogen-bond acceptors (Lipinski definition) is 4. The van der Waals surface area contributed by atoms with E-state index < -0.39 is 33.5 Å². The molecule has 1 saturated carbocycles. The number of ether oxygens (including phenoxy) is 1. The van der Waals surface area contributed by atoms with Crippen molar-refractivity contribution in [3.63, 3.8) is 0 Å². The van der Waals surface area contributed by atoms with Gasteiger partial charge in [0.05, 0.1) is 11.0 Å². The average molecular weight is 676 g/mol. The van der Waals surface area contributed by atoms with Gasteiger partial charge in [-0.1, -0.05) is 53.5 Å². The van der Waals surface area contributed by atoms with Gasteiger partial charge in [-0.05, 0) is 104 Å². The topological polar surface area (TPSA) is 75.7 Å². The number of sulfonamides is 1. The molecule has 6 nitrogen and oxygen atoms in total. The Morgan fingerprint density at radius 3 is 2.23 bits per heavy atom. The minimum atomic E-state index is -4.51. The molecule has 0 radical (unpaired) electrons. The van der Waals surface area contributed by atoms with E-state index in [-0.39, 0.29) is 23.1 Å². The van der Waals surface area contributed by atoms with Crippen molar-refractivity contribution < 1.29 is 26.7 Å². The molecule has 43 heavy (non-hydrogen) atoms. The monoisotopic (exact) mass is 674 g/mol. The Kier molecular flexibility index (Phi) is 8.56. The Hall–Kier alpha value is -2.56. The van der Waals surface area contributed by atoms with Gasteiger partial charge in [0, 0.05) is 22.1 Å². The van der Waals surface area contributed by atoms with E-state index >= 15 is 8.78 Å². The van der Waals surface area contributed by atoms with Crippen molar-refractivity contribution in [2.75, 3.05) is 0 Å². The van der Waals surface area contributed by atoms with Crippen LogP contribution in [0.3, 0.4) is 0 Å². The highest BCUT2D eigenvalue weighted by atomic mass is 79.9. The quantitative estimate of drug-likeness (QED) is 0.268. The zero-order valence-electron chi connectivity index (χ0n) is 24.1. The maximum atomic E-state index is 16.2. The molecule has 3 atom stereocenters. The lowest BCUT2D eigenvalue weighted by molar-refractivity contribution is -0.149. The first kappa shape index (κ1) is 30.5. The highest BCUT2D eigenvalue weighted by Gasteiger charge is 2.53. The van der Waals surface area contributed by atoms with E-state index in [2.05, 4.69) is 27.6 Å². The number of benzene rings is 3. The van der Waals surface area contributed by atoms with E-state index in [1.165, 1.54) is 47.7 Å². The number of hydrogen-bond donors (Lipinski definition) is 1. The summed E-state index contributed by atoms with van der Waals surface area (Å²) >= 11 is 3.26. The first-order chi connectivity index (χ1) is 20.5. The molecule has 6 rings (SSSR count). The third kappa shape index (κ3) is 6.33. The Morgan fingerprint density at radius 1 is 0.930 bits per heavy atom.